The van der Waals surface area contributed by atoms with Crippen LogP contribution in [0.1, 0.15) is 12.5 Å². The van der Waals surface area contributed by atoms with Gasteiger partial charge < -0.3 is 5.32 Å². The van der Waals surface area contributed by atoms with Gasteiger partial charge in [-0.05, 0) is 36.0 Å². The molecule has 6 heteroatoms. The normalized spacial score (nSPS) is 11.1. The fraction of sp³-hybridized carbons (Fsp3) is 0.214. The number of fused-ring (bicyclic) bond motifs is 1. The molecule has 2 heterocycles. The van der Waals surface area contributed by atoms with Crippen molar-refractivity contribution in [1.82, 2.24) is 25.5 Å². The Labute approximate surface area is 121 Å². The van der Waals surface area contributed by atoms with Crippen molar-refractivity contribution >= 4 is 22.7 Å². The third-order valence-corrected chi connectivity index (χ3v) is 3.85. The first-order valence-corrected chi connectivity index (χ1v) is 7.31. The van der Waals surface area contributed by atoms with E-state index in [1.165, 1.54) is 23.7 Å². The Morgan fingerprint density at radius 2 is 2.20 bits per heavy atom. The topological polar surface area (TPSA) is 66.5 Å². The van der Waals surface area contributed by atoms with E-state index in [1.54, 1.807) is 0 Å². The van der Waals surface area contributed by atoms with E-state index in [4.69, 9.17) is 4.98 Å². The van der Waals surface area contributed by atoms with Crippen molar-refractivity contribution in [1.29, 1.82) is 0 Å². The smallest absolute Gasteiger partial charge is 0.189 e. The molecule has 2 N–H and O–H groups in total. The van der Waals surface area contributed by atoms with Gasteiger partial charge in [-0.3, -0.25) is 5.10 Å². The Morgan fingerprint density at radius 3 is 3.00 bits per heavy atom. The number of rotatable bonds is 5. The third-order valence-electron chi connectivity index (χ3n) is 2.91. The maximum atomic E-state index is 4.74. The van der Waals surface area contributed by atoms with Crippen LogP contribution in [-0.2, 0) is 6.54 Å². The lowest BCUT2D eigenvalue weighted by atomic mass is 10.1. The first-order valence-electron chi connectivity index (χ1n) is 6.49. The van der Waals surface area contributed by atoms with Crippen LogP contribution in [0.15, 0.2) is 46.8 Å². The summed E-state index contributed by atoms with van der Waals surface area (Å²) < 4.78 is 0. The van der Waals surface area contributed by atoms with Crippen LogP contribution in [0.5, 0.6) is 0 Å². The van der Waals surface area contributed by atoms with Crippen molar-refractivity contribution < 1.29 is 0 Å². The molecule has 0 fully saturated rings. The Hall–Kier alpha value is -1.92. The lowest BCUT2D eigenvalue weighted by Gasteiger charge is -2.09. The van der Waals surface area contributed by atoms with Crippen LogP contribution in [0.3, 0.4) is 0 Å². The highest BCUT2D eigenvalue weighted by atomic mass is 32.2. The molecule has 0 radical (unpaired) electrons. The molecule has 0 bridgehead atoms. The molecule has 3 aromatic rings. The fourth-order valence-corrected chi connectivity index (χ4v) is 2.74. The molecule has 0 atom stereocenters. The monoisotopic (exact) mass is 285 g/mol. The molecule has 0 saturated heterocycles. The van der Waals surface area contributed by atoms with Gasteiger partial charge in [-0.25, -0.2) is 9.97 Å². The van der Waals surface area contributed by atoms with Gasteiger partial charge in [-0.1, -0.05) is 25.1 Å². The number of benzene rings is 1. The quantitative estimate of drug-likeness (QED) is 0.754. The van der Waals surface area contributed by atoms with E-state index >= 15 is 0 Å². The van der Waals surface area contributed by atoms with Gasteiger partial charge in [0.1, 0.15) is 11.4 Å². The molecule has 1 aromatic carbocycles. The van der Waals surface area contributed by atoms with Gasteiger partial charge in [-0.15, -0.1) is 0 Å². The molecule has 0 amide bonds. The number of pyridine rings is 1. The summed E-state index contributed by atoms with van der Waals surface area (Å²) in [6.07, 6.45) is 1.51. The first-order chi connectivity index (χ1) is 9.86. The van der Waals surface area contributed by atoms with Crippen molar-refractivity contribution in [3.05, 3.63) is 42.2 Å². The number of aromatic nitrogens is 4. The predicted molar refractivity (Wildman–Crippen MR) is 79.6 cm³/mol. The van der Waals surface area contributed by atoms with Gasteiger partial charge in [0.15, 0.2) is 5.16 Å². The average Bonchev–Trinajstić information content (AvgIpc) is 2.98. The van der Waals surface area contributed by atoms with Crippen LogP contribution in [-0.4, -0.2) is 26.7 Å². The Bertz CT molecular complexity index is 696. The summed E-state index contributed by atoms with van der Waals surface area (Å²) in [5.41, 5.74) is 2.17. The highest BCUT2D eigenvalue weighted by molar-refractivity contribution is 7.99. The summed E-state index contributed by atoms with van der Waals surface area (Å²) in [5.74, 6) is 0. The second-order valence-electron chi connectivity index (χ2n) is 4.32. The summed E-state index contributed by atoms with van der Waals surface area (Å²) in [6, 6.07) is 10.3. The molecule has 2 aromatic heterocycles. The molecule has 3 rings (SSSR count). The van der Waals surface area contributed by atoms with Crippen LogP contribution >= 0.6 is 11.8 Å². The third kappa shape index (κ3) is 2.81. The minimum absolute atomic E-state index is 0.755. The van der Waals surface area contributed by atoms with Gasteiger partial charge in [0.2, 0.25) is 0 Å². The second-order valence-corrected chi connectivity index (χ2v) is 5.30. The van der Waals surface area contributed by atoms with Crippen LogP contribution in [0.25, 0.3) is 10.9 Å². The van der Waals surface area contributed by atoms with E-state index in [9.17, 15) is 0 Å². The van der Waals surface area contributed by atoms with Crippen LogP contribution in [0, 0.1) is 0 Å². The Kier molecular flexibility index (Phi) is 3.94. The SMILES string of the molecule is CCNCc1cc2ccccc2nc1Sc1ncn[nH]1. The van der Waals surface area contributed by atoms with E-state index in [2.05, 4.69) is 39.6 Å². The number of nitrogens with one attached hydrogen (secondary N) is 2. The molecular formula is C14H15N5S. The zero-order chi connectivity index (χ0) is 13.8. The summed E-state index contributed by atoms with van der Waals surface area (Å²) in [5, 5.41) is 12.9. The standard InChI is InChI=1S/C14H15N5S/c1-2-15-8-11-7-10-5-3-4-6-12(10)18-13(11)20-14-16-9-17-19-14/h3-7,9,15H,2,8H2,1H3,(H,16,17,19). The highest BCUT2D eigenvalue weighted by Crippen LogP contribution is 2.28. The largest absolute Gasteiger partial charge is 0.313 e. The minimum atomic E-state index is 0.755. The van der Waals surface area contributed by atoms with E-state index < -0.39 is 0 Å². The van der Waals surface area contributed by atoms with Gasteiger partial charge in [0.05, 0.1) is 5.52 Å². The highest BCUT2D eigenvalue weighted by Gasteiger charge is 2.10. The van der Waals surface area contributed by atoms with Crippen LogP contribution < -0.4 is 5.32 Å². The lowest BCUT2D eigenvalue weighted by molar-refractivity contribution is 0.713. The summed E-state index contributed by atoms with van der Waals surface area (Å²) in [4.78, 5) is 8.89. The molecule has 102 valence electrons. The molecular weight excluding hydrogens is 270 g/mol. The maximum absolute atomic E-state index is 4.74. The van der Waals surface area contributed by atoms with Crippen molar-refractivity contribution in [2.45, 2.75) is 23.7 Å². The Balaban J connectivity index is 2.01. The Morgan fingerprint density at radius 1 is 1.30 bits per heavy atom. The molecule has 20 heavy (non-hydrogen) atoms. The van der Waals surface area contributed by atoms with Gasteiger partial charge >= 0.3 is 0 Å². The number of hydrogen-bond donors (Lipinski definition) is 2. The molecule has 0 aliphatic heterocycles. The molecule has 0 aliphatic rings. The van der Waals surface area contributed by atoms with E-state index in [0.717, 1.165) is 34.2 Å². The van der Waals surface area contributed by atoms with E-state index in [0.29, 0.717) is 0 Å². The van der Waals surface area contributed by atoms with Gasteiger partial charge in [0.25, 0.3) is 0 Å². The summed E-state index contributed by atoms with van der Waals surface area (Å²) >= 11 is 1.51. The fourth-order valence-electron chi connectivity index (χ4n) is 1.95. The molecule has 5 nitrogen and oxygen atoms in total. The minimum Gasteiger partial charge on any atom is -0.313 e. The number of aromatic amines is 1. The average molecular weight is 285 g/mol. The zero-order valence-corrected chi connectivity index (χ0v) is 11.9. The number of para-hydroxylation sites is 1. The molecule has 0 saturated carbocycles. The van der Waals surface area contributed by atoms with Crippen molar-refractivity contribution in [3.63, 3.8) is 0 Å². The summed E-state index contributed by atoms with van der Waals surface area (Å²) in [7, 11) is 0. The van der Waals surface area contributed by atoms with E-state index in [-0.39, 0.29) is 0 Å². The van der Waals surface area contributed by atoms with Crippen molar-refractivity contribution in [2.75, 3.05) is 6.54 Å². The molecule has 0 unspecified atom stereocenters. The van der Waals surface area contributed by atoms with E-state index in [1.807, 2.05) is 18.2 Å². The van der Waals surface area contributed by atoms with Gasteiger partial charge in [0, 0.05) is 11.9 Å². The maximum Gasteiger partial charge on any atom is 0.189 e. The number of H-pyrrole nitrogens is 1. The second kappa shape index (κ2) is 6.02. The number of hydrogen-bond acceptors (Lipinski definition) is 5. The van der Waals surface area contributed by atoms with Gasteiger partial charge in [-0.2, -0.15) is 5.10 Å². The summed E-state index contributed by atoms with van der Waals surface area (Å²) in [6.45, 7) is 3.82. The lowest BCUT2D eigenvalue weighted by Crippen LogP contribution is -2.13. The number of nitrogens with zero attached hydrogens (tertiary/aromatic N) is 3. The predicted octanol–water partition coefficient (Wildman–Crippen LogP) is 2.61. The van der Waals surface area contributed by atoms with Crippen molar-refractivity contribution in [3.8, 4) is 0 Å². The molecule has 0 spiro atoms. The van der Waals surface area contributed by atoms with Crippen molar-refractivity contribution in [2.24, 2.45) is 0 Å². The van der Waals surface area contributed by atoms with Crippen LogP contribution in [0.4, 0.5) is 0 Å². The molecule has 0 aliphatic carbocycles. The zero-order valence-electron chi connectivity index (χ0n) is 11.1. The first kappa shape index (κ1) is 13.1. The van der Waals surface area contributed by atoms with Crippen LogP contribution in [0.2, 0.25) is 0 Å².